The minimum absolute atomic E-state index is 0.203. The summed E-state index contributed by atoms with van der Waals surface area (Å²) >= 11 is 3.44. The Morgan fingerprint density at radius 3 is 3.07 bits per heavy atom. The van der Waals surface area contributed by atoms with E-state index in [9.17, 15) is 4.79 Å². The number of carbonyl (C=O) groups is 1. The van der Waals surface area contributed by atoms with Gasteiger partial charge < -0.3 is 5.73 Å². The lowest BCUT2D eigenvalue weighted by Gasteiger charge is -2.08. The Hall–Kier alpha value is -0.830. The Balaban J connectivity index is 2.26. The van der Waals surface area contributed by atoms with Gasteiger partial charge in [-0.3, -0.25) is 4.79 Å². The van der Waals surface area contributed by atoms with Crippen molar-refractivity contribution >= 4 is 21.8 Å². The summed E-state index contributed by atoms with van der Waals surface area (Å²) in [4.78, 5) is 10.8. The van der Waals surface area contributed by atoms with Crippen LogP contribution >= 0.6 is 15.9 Å². The average molecular weight is 254 g/mol. The summed E-state index contributed by atoms with van der Waals surface area (Å²) in [5.41, 5.74) is 7.86. The monoisotopic (exact) mass is 253 g/mol. The molecule has 0 heterocycles. The van der Waals surface area contributed by atoms with Crippen LogP contribution in [0.2, 0.25) is 0 Å². The number of hydrogen-bond acceptors (Lipinski definition) is 1. The third-order valence-corrected chi connectivity index (χ3v) is 3.25. The predicted octanol–water partition coefficient (Wildman–Crippen LogP) is 2.35. The normalized spacial score (nSPS) is 19.4. The number of aryl methyl sites for hydroxylation is 1. The van der Waals surface area contributed by atoms with Gasteiger partial charge in [0.15, 0.2) is 0 Å². The molecule has 2 rings (SSSR count). The van der Waals surface area contributed by atoms with Crippen molar-refractivity contribution in [1.82, 2.24) is 0 Å². The number of rotatable bonds is 2. The molecule has 1 unspecified atom stereocenters. The van der Waals surface area contributed by atoms with E-state index in [1.165, 1.54) is 11.1 Å². The molecule has 14 heavy (non-hydrogen) atoms. The highest BCUT2D eigenvalue weighted by atomic mass is 79.9. The first-order chi connectivity index (χ1) is 6.66. The maximum absolute atomic E-state index is 10.8. The Morgan fingerprint density at radius 2 is 2.36 bits per heavy atom. The lowest BCUT2D eigenvalue weighted by atomic mass is 9.98. The summed E-state index contributed by atoms with van der Waals surface area (Å²) in [6.45, 7) is 0. The molecule has 0 aliphatic heterocycles. The highest BCUT2D eigenvalue weighted by Crippen LogP contribution is 2.36. The number of primary amides is 1. The minimum Gasteiger partial charge on any atom is -0.370 e. The smallest absolute Gasteiger partial charge is 0.218 e. The molecule has 1 atom stereocenters. The molecule has 74 valence electrons. The van der Waals surface area contributed by atoms with Gasteiger partial charge in [0.25, 0.3) is 0 Å². The zero-order chi connectivity index (χ0) is 10.1. The van der Waals surface area contributed by atoms with Crippen molar-refractivity contribution in [3.05, 3.63) is 33.8 Å². The van der Waals surface area contributed by atoms with E-state index in [0.717, 1.165) is 17.3 Å². The second-order valence-electron chi connectivity index (χ2n) is 3.75. The molecule has 1 aliphatic rings. The quantitative estimate of drug-likeness (QED) is 0.864. The maximum atomic E-state index is 10.8. The largest absolute Gasteiger partial charge is 0.370 e. The van der Waals surface area contributed by atoms with Crippen molar-refractivity contribution in [3.8, 4) is 0 Å². The number of halogens is 1. The molecule has 0 saturated heterocycles. The molecule has 3 heteroatoms. The minimum atomic E-state index is -0.203. The van der Waals surface area contributed by atoms with Crippen LogP contribution in [0.4, 0.5) is 0 Å². The number of benzene rings is 1. The van der Waals surface area contributed by atoms with E-state index in [1.807, 2.05) is 6.07 Å². The fourth-order valence-electron chi connectivity index (χ4n) is 2.13. The molecule has 0 spiro atoms. The molecule has 0 bridgehead atoms. The third-order valence-electron chi connectivity index (χ3n) is 2.75. The number of amides is 1. The van der Waals surface area contributed by atoms with Crippen LogP contribution in [-0.4, -0.2) is 5.91 Å². The number of nitrogens with two attached hydrogens (primary N) is 1. The maximum Gasteiger partial charge on any atom is 0.218 e. The van der Waals surface area contributed by atoms with Crippen LogP contribution in [0.5, 0.6) is 0 Å². The fourth-order valence-corrected chi connectivity index (χ4v) is 2.54. The van der Waals surface area contributed by atoms with Crippen LogP contribution in [0.3, 0.4) is 0 Å². The van der Waals surface area contributed by atoms with Gasteiger partial charge in [0.1, 0.15) is 0 Å². The van der Waals surface area contributed by atoms with Crippen molar-refractivity contribution in [3.63, 3.8) is 0 Å². The van der Waals surface area contributed by atoms with E-state index in [0.29, 0.717) is 12.3 Å². The van der Waals surface area contributed by atoms with Crippen LogP contribution in [0.15, 0.2) is 22.7 Å². The zero-order valence-corrected chi connectivity index (χ0v) is 9.38. The lowest BCUT2D eigenvalue weighted by Crippen LogP contribution is -2.13. The summed E-state index contributed by atoms with van der Waals surface area (Å²) in [6.07, 6.45) is 2.59. The van der Waals surface area contributed by atoms with Gasteiger partial charge in [0.05, 0.1) is 0 Å². The van der Waals surface area contributed by atoms with Gasteiger partial charge >= 0.3 is 0 Å². The molecular formula is C11H12BrNO. The van der Waals surface area contributed by atoms with Gasteiger partial charge in [-0.2, -0.15) is 0 Å². The summed E-state index contributed by atoms with van der Waals surface area (Å²) < 4.78 is 1.11. The van der Waals surface area contributed by atoms with Crippen LogP contribution < -0.4 is 5.73 Å². The summed E-state index contributed by atoms with van der Waals surface area (Å²) in [5, 5.41) is 0. The topological polar surface area (TPSA) is 43.1 Å². The van der Waals surface area contributed by atoms with E-state index >= 15 is 0 Å². The first-order valence-corrected chi connectivity index (χ1v) is 5.53. The van der Waals surface area contributed by atoms with Gasteiger partial charge in [-0.05, 0) is 42.0 Å². The van der Waals surface area contributed by atoms with Crippen LogP contribution in [0.1, 0.15) is 29.9 Å². The van der Waals surface area contributed by atoms with Crippen molar-refractivity contribution in [2.45, 2.75) is 25.2 Å². The molecule has 1 aromatic rings. The number of fused-ring (bicyclic) bond motifs is 1. The lowest BCUT2D eigenvalue weighted by molar-refractivity contribution is -0.118. The zero-order valence-electron chi connectivity index (χ0n) is 7.79. The molecule has 2 nitrogen and oxygen atoms in total. The van der Waals surface area contributed by atoms with Gasteiger partial charge in [0.2, 0.25) is 5.91 Å². The van der Waals surface area contributed by atoms with Crippen molar-refractivity contribution < 1.29 is 4.79 Å². The Labute approximate surface area is 91.6 Å². The molecule has 1 aromatic carbocycles. The van der Waals surface area contributed by atoms with E-state index in [1.54, 1.807) is 0 Å². The van der Waals surface area contributed by atoms with E-state index < -0.39 is 0 Å². The van der Waals surface area contributed by atoms with Crippen LogP contribution in [0.25, 0.3) is 0 Å². The highest BCUT2D eigenvalue weighted by Gasteiger charge is 2.23. The van der Waals surface area contributed by atoms with Crippen LogP contribution in [-0.2, 0) is 11.2 Å². The summed E-state index contributed by atoms with van der Waals surface area (Å²) in [5.74, 6) is 0.140. The first-order valence-electron chi connectivity index (χ1n) is 4.73. The number of hydrogen-bond donors (Lipinski definition) is 1. The molecule has 0 fully saturated rings. The Kier molecular flexibility index (Phi) is 2.59. The molecule has 2 N–H and O–H groups in total. The van der Waals surface area contributed by atoms with E-state index in [-0.39, 0.29) is 5.91 Å². The van der Waals surface area contributed by atoms with Gasteiger partial charge in [-0.1, -0.05) is 22.0 Å². The van der Waals surface area contributed by atoms with Gasteiger partial charge in [0, 0.05) is 10.9 Å². The summed E-state index contributed by atoms with van der Waals surface area (Å²) in [7, 11) is 0. The Bertz CT molecular complexity index is 376. The molecule has 0 radical (unpaired) electrons. The Morgan fingerprint density at radius 1 is 1.57 bits per heavy atom. The predicted molar refractivity (Wildman–Crippen MR) is 59.0 cm³/mol. The van der Waals surface area contributed by atoms with Gasteiger partial charge in [-0.15, -0.1) is 0 Å². The van der Waals surface area contributed by atoms with Crippen LogP contribution in [0, 0.1) is 0 Å². The third kappa shape index (κ3) is 1.82. The highest BCUT2D eigenvalue weighted by molar-refractivity contribution is 9.10. The van der Waals surface area contributed by atoms with E-state index in [2.05, 4.69) is 28.1 Å². The SMILES string of the molecule is NC(=O)CC1CCc2cc(Br)ccc21. The molecular weight excluding hydrogens is 242 g/mol. The second-order valence-corrected chi connectivity index (χ2v) is 4.66. The van der Waals surface area contributed by atoms with Crippen molar-refractivity contribution in [2.24, 2.45) is 5.73 Å². The average Bonchev–Trinajstić information content (AvgIpc) is 2.47. The summed E-state index contributed by atoms with van der Waals surface area (Å²) in [6, 6.07) is 6.26. The number of carbonyl (C=O) groups excluding carboxylic acids is 1. The fraction of sp³-hybridized carbons (Fsp3) is 0.364. The van der Waals surface area contributed by atoms with E-state index in [4.69, 9.17) is 5.73 Å². The second kappa shape index (κ2) is 3.73. The molecule has 1 aliphatic carbocycles. The molecule has 0 saturated carbocycles. The van der Waals surface area contributed by atoms with Crippen molar-refractivity contribution in [1.29, 1.82) is 0 Å². The van der Waals surface area contributed by atoms with Gasteiger partial charge in [-0.25, -0.2) is 0 Å². The van der Waals surface area contributed by atoms with Crippen molar-refractivity contribution in [2.75, 3.05) is 0 Å². The first kappa shape index (κ1) is 9.71. The molecule has 0 aromatic heterocycles. The molecule has 1 amide bonds. The standard InChI is InChI=1S/C11H12BrNO/c12-9-3-4-10-7(5-9)1-2-8(10)6-11(13)14/h3-5,8H,1-2,6H2,(H2,13,14).